The van der Waals surface area contributed by atoms with Crippen LogP contribution in [0.2, 0.25) is 5.02 Å². The number of hydrogen-bond donors (Lipinski definition) is 1. The van der Waals surface area contributed by atoms with Gasteiger partial charge in [0, 0.05) is 6.42 Å². The quantitative estimate of drug-likeness (QED) is 0.556. The normalized spacial score (nSPS) is 14.3. The SMILES string of the molecule is CCC(C)(Cc1ccc(Cl)c(NC(=O)CCC(F)(F)F)c1)C(=O)OC(C)(C)C. The first-order valence-electron chi connectivity index (χ1n) is 9.04. The maximum atomic E-state index is 12.6. The molecular formula is C20H27ClF3NO3. The summed E-state index contributed by atoms with van der Waals surface area (Å²) in [6, 6.07) is 4.83. The van der Waals surface area contributed by atoms with Gasteiger partial charge in [0.1, 0.15) is 5.60 Å². The van der Waals surface area contributed by atoms with Crippen molar-refractivity contribution in [3.05, 3.63) is 28.8 Å². The number of carbonyl (C=O) groups is 2. The van der Waals surface area contributed by atoms with Gasteiger partial charge in [-0.25, -0.2) is 0 Å². The highest BCUT2D eigenvalue weighted by molar-refractivity contribution is 6.33. The summed E-state index contributed by atoms with van der Waals surface area (Å²) in [6.45, 7) is 9.03. The summed E-state index contributed by atoms with van der Waals surface area (Å²) < 4.78 is 42.3. The van der Waals surface area contributed by atoms with E-state index in [-0.39, 0.29) is 16.7 Å². The Kier molecular flexibility index (Phi) is 7.94. The van der Waals surface area contributed by atoms with Gasteiger partial charge >= 0.3 is 12.1 Å². The monoisotopic (exact) mass is 421 g/mol. The zero-order valence-electron chi connectivity index (χ0n) is 16.8. The van der Waals surface area contributed by atoms with E-state index in [1.54, 1.807) is 45.9 Å². The van der Waals surface area contributed by atoms with Gasteiger partial charge in [0.2, 0.25) is 5.91 Å². The van der Waals surface area contributed by atoms with Crippen molar-refractivity contribution < 1.29 is 27.5 Å². The second-order valence-electron chi connectivity index (χ2n) is 8.07. The van der Waals surface area contributed by atoms with Crippen LogP contribution >= 0.6 is 11.6 Å². The molecule has 1 aromatic carbocycles. The van der Waals surface area contributed by atoms with E-state index in [2.05, 4.69) is 5.32 Å². The molecule has 1 N–H and O–H groups in total. The van der Waals surface area contributed by atoms with E-state index in [0.717, 1.165) is 0 Å². The van der Waals surface area contributed by atoms with Gasteiger partial charge in [-0.1, -0.05) is 24.6 Å². The largest absolute Gasteiger partial charge is 0.460 e. The van der Waals surface area contributed by atoms with Crippen LogP contribution in [0.25, 0.3) is 0 Å². The van der Waals surface area contributed by atoms with E-state index < -0.39 is 35.9 Å². The molecule has 0 aromatic heterocycles. The molecule has 0 bridgehead atoms. The highest BCUT2D eigenvalue weighted by Crippen LogP contribution is 2.33. The topological polar surface area (TPSA) is 55.4 Å². The van der Waals surface area contributed by atoms with Gasteiger partial charge in [0.05, 0.1) is 22.5 Å². The van der Waals surface area contributed by atoms with E-state index in [0.29, 0.717) is 18.4 Å². The van der Waals surface area contributed by atoms with Gasteiger partial charge in [0.25, 0.3) is 0 Å². The molecule has 0 aliphatic rings. The lowest BCUT2D eigenvalue weighted by Crippen LogP contribution is -2.37. The standard InChI is InChI=1S/C20H27ClF3NO3/c1-6-19(5,17(27)28-18(2,3)4)12-13-7-8-14(21)15(11-13)25-16(26)9-10-20(22,23)24/h7-8,11H,6,9-10,12H2,1-5H3,(H,25,26). The summed E-state index contributed by atoms with van der Waals surface area (Å²) in [5.74, 6) is -1.12. The number of alkyl halides is 3. The number of halogens is 4. The van der Waals surface area contributed by atoms with Crippen LogP contribution in [0, 0.1) is 5.41 Å². The fourth-order valence-electron chi connectivity index (χ4n) is 2.44. The molecule has 0 heterocycles. The molecule has 1 atom stereocenters. The number of nitrogens with one attached hydrogen (secondary N) is 1. The van der Waals surface area contributed by atoms with Gasteiger partial charge in [-0.15, -0.1) is 0 Å². The first-order valence-corrected chi connectivity index (χ1v) is 9.41. The van der Waals surface area contributed by atoms with Gasteiger partial charge < -0.3 is 10.1 Å². The molecule has 0 saturated heterocycles. The molecule has 0 aliphatic carbocycles. The van der Waals surface area contributed by atoms with Crippen LogP contribution in [0.3, 0.4) is 0 Å². The number of hydrogen-bond acceptors (Lipinski definition) is 3. The Bertz CT molecular complexity index is 714. The Balaban J connectivity index is 2.94. The van der Waals surface area contributed by atoms with Crippen LogP contribution in [0.4, 0.5) is 18.9 Å². The Hall–Kier alpha value is -1.76. The lowest BCUT2D eigenvalue weighted by atomic mass is 9.81. The second kappa shape index (κ2) is 9.16. The molecule has 8 heteroatoms. The molecule has 0 radical (unpaired) electrons. The Morgan fingerprint density at radius 3 is 2.25 bits per heavy atom. The third-order valence-electron chi connectivity index (χ3n) is 4.21. The minimum atomic E-state index is -4.40. The molecule has 1 aromatic rings. The molecule has 158 valence electrons. The van der Waals surface area contributed by atoms with Crippen LogP contribution in [-0.4, -0.2) is 23.7 Å². The van der Waals surface area contributed by atoms with Crippen molar-refractivity contribution in [2.24, 2.45) is 5.41 Å². The summed E-state index contributed by atoms with van der Waals surface area (Å²) >= 11 is 6.06. The van der Waals surface area contributed by atoms with E-state index in [1.165, 1.54) is 0 Å². The number of benzene rings is 1. The third-order valence-corrected chi connectivity index (χ3v) is 4.54. The van der Waals surface area contributed by atoms with Crippen LogP contribution in [0.15, 0.2) is 18.2 Å². The highest BCUT2D eigenvalue weighted by Gasteiger charge is 2.36. The highest BCUT2D eigenvalue weighted by atomic mass is 35.5. The summed E-state index contributed by atoms with van der Waals surface area (Å²) in [5, 5.41) is 2.62. The predicted molar refractivity (Wildman–Crippen MR) is 103 cm³/mol. The van der Waals surface area contributed by atoms with Gasteiger partial charge in [-0.05, 0) is 58.2 Å². The first-order chi connectivity index (χ1) is 12.6. The van der Waals surface area contributed by atoms with Crippen molar-refractivity contribution in [2.75, 3.05) is 5.32 Å². The number of rotatable bonds is 7. The van der Waals surface area contributed by atoms with Crippen LogP contribution in [0.5, 0.6) is 0 Å². The van der Waals surface area contributed by atoms with Crippen LogP contribution in [0.1, 0.15) is 59.4 Å². The summed E-state index contributed by atoms with van der Waals surface area (Å²) in [7, 11) is 0. The molecule has 1 rings (SSSR count). The lowest BCUT2D eigenvalue weighted by Gasteiger charge is -2.31. The molecular weight excluding hydrogens is 395 g/mol. The maximum Gasteiger partial charge on any atom is 0.389 e. The summed E-state index contributed by atoms with van der Waals surface area (Å²) in [6.07, 6.45) is -5.44. The molecule has 0 spiro atoms. The van der Waals surface area contributed by atoms with E-state index in [9.17, 15) is 22.8 Å². The molecule has 1 amide bonds. The van der Waals surface area contributed by atoms with Crippen molar-refractivity contribution in [3.8, 4) is 0 Å². The van der Waals surface area contributed by atoms with E-state index in [4.69, 9.17) is 16.3 Å². The summed E-state index contributed by atoms with van der Waals surface area (Å²) in [5.41, 5.74) is -0.483. The average molecular weight is 422 g/mol. The predicted octanol–water partition coefficient (Wildman–Crippen LogP) is 5.92. The molecule has 0 saturated carbocycles. The third kappa shape index (κ3) is 8.09. The number of ether oxygens (including phenoxy) is 1. The number of amides is 1. The van der Waals surface area contributed by atoms with Crippen molar-refractivity contribution >= 4 is 29.2 Å². The number of anilines is 1. The zero-order chi connectivity index (χ0) is 21.8. The number of esters is 1. The van der Waals surface area contributed by atoms with Gasteiger partial charge in [-0.3, -0.25) is 9.59 Å². The Morgan fingerprint density at radius 2 is 1.75 bits per heavy atom. The average Bonchev–Trinajstić information content (AvgIpc) is 2.53. The van der Waals surface area contributed by atoms with Crippen LogP contribution in [-0.2, 0) is 20.7 Å². The van der Waals surface area contributed by atoms with E-state index >= 15 is 0 Å². The van der Waals surface area contributed by atoms with Crippen LogP contribution < -0.4 is 5.32 Å². The Labute approximate surface area is 168 Å². The smallest absolute Gasteiger partial charge is 0.389 e. The summed E-state index contributed by atoms with van der Waals surface area (Å²) in [4.78, 5) is 24.4. The molecule has 4 nitrogen and oxygen atoms in total. The fraction of sp³-hybridized carbons (Fsp3) is 0.600. The van der Waals surface area contributed by atoms with E-state index in [1.807, 2.05) is 6.92 Å². The molecule has 28 heavy (non-hydrogen) atoms. The lowest BCUT2D eigenvalue weighted by molar-refractivity contribution is -0.166. The molecule has 1 unspecified atom stereocenters. The minimum absolute atomic E-state index is 0.208. The molecule has 0 aliphatic heterocycles. The maximum absolute atomic E-state index is 12.6. The van der Waals surface area contributed by atoms with Crippen molar-refractivity contribution in [1.29, 1.82) is 0 Å². The minimum Gasteiger partial charge on any atom is -0.460 e. The van der Waals surface area contributed by atoms with Crippen molar-refractivity contribution in [3.63, 3.8) is 0 Å². The second-order valence-corrected chi connectivity index (χ2v) is 8.48. The zero-order valence-corrected chi connectivity index (χ0v) is 17.6. The van der Waals surface area contributed by atoms with Gasteiger partial charge in [0.15, 0.2) is 0 Å². The number of carbonyl (C=O) groups excluding carboxylic acids is 2. The molecule has 0 fully saturated rings. The van der Waals surface area contributed by atoms with Crippen molar-refractivity contribution in [1.82, 2.24) is 0 Å². The first kappa shape index (κ1) is 24.3. The fourth-order valence-corrected chi connectivity index (χ4v) is 2.60. The van der Waals surface area contributed by atoms with Crippen molar-refractivity contribution in [2.45, 2.75) is 72.1 Å². The Morgan fingerprint density at radius 1 is 1.14 bits per heavy atom. The van der Waals surface area contributed by atoms with Gasteiger partial charge in [-0.2, -0.15) is 13.2 Å².